The van der Waals surface area contributed by atoms with Gasteiger partial charge in [0.05, 0.1) is 17.3 Å². The molecule has 0 amide bonds. The lowest BCUT2D eigenvalue weighted by Gasteiger charge is -2.10. The summed E-state index contributed by atoms with van der Waals surface area (Å²) in [6.45, 7) is 0.640. The lowest BCUT2D eigenvalue weighted by atomic mass is 10.1. The Morgan fingerprint density at radius 2 is 1.74 bits per heavy atom. The number of hydrogen-bond donors (Lipinski definition) is 1. The summed E-state index contributed by atoms with van der Waals surface area (Å²) in [5.41, 5.74) is 7.77. The summed E-state index contributed by atoms with van der Waals surface area (Å²) in [6, 6.07) is 15.9. The predicted octanol–water partition coefficient (Wildman–Crippen LogP) is 4.32. The van der Waals surface area contributed by atoms with E-state index in [0.717, 1.165) is 19.3 Å². The van der Waals surface area contributed by atoms with Crippen LogP contribution in [-0.4, -0.2) is 6.61 Å². The summed E-state index contributed by atoms with van der Waals surface area (Å²) in [7, 11) is 0. The van der Waals surface area contributed by atoms with Gasteiger partial charge in [0.15, 0.2) is 5.75 Å². The lowest BCUT2D eigenvalue weighted by Crippen LogP contribution is -2.01. The maximum Gasteiger partial charge on any atom is 0.160 e. The number of anilines is 1. The molecule has 0 bridgehead atoms. The molecule has 2 rings (SSSR count). The molecule has 0 heterocycles. The van der Waals surface area contributed by atoms with Crippen LogP contribution in [0, 0.1) is 0 Å². The molecule has 0 unspecified atom stereocenters. The zero-order valence-corrected chi connectivity index (χ0v) is 11.6. The second kappa shape index (κ2) is 7.05. The minimum Gasteiger partial charge on any atom is -0.490 e. The summed E-state index contributed by atoms with van der Waals surface area (Å²) in [5, 5.41) is 0.572. The van der Waals surface area contributed by atoms with Crippen molar-refractivity contribution in [3.05, 3.63) is 59.1 Å². The van der Waals surface area contributed by atoms with Crippen molar-refractivity contribution in [1.29, 1.82) is 0 Å². The second-order valence-corrected chi connectivity index (χ2v) is 4.86. The zero-order chi connectivity index (χ0) is 13.5. The van der Waals surface area contributed by atoms with Gasteiger partial charge in [0, 0.05) is 0 Å². The first-order valence-electron chi connectivity index (χ1n) is 6.48. The molecular weight excluding hydrogens is 258 g/mol. The van der Waals surface area contributed by atoms with Crippen LogP contribution in [0.25, 0.3) is 0 Å². The number of hydrogen-bond acceptors (Lipinski definition) is 2. The smallest absolute Gasteiger partial charge is 0.160 e. The maximum atomic E-state index is 6.03. The first kappa shape index (κ1) is 13.8. The Kier molecular flexibility index (Phi) is 5.10. The van der Waals surface area contributed by atoms with Crippen LogP contribution in [0.4, 0.5) is 5.69 Å². The van der Waals surface area contributed by atoms with Gasteiger partial charge < -0.3 is 10.5 Å². The van der Waals surface area contributed by atoms with Crippen molar-refractivity contribution in [1.82, 2.24) is 0 Å². The molecule has 0 radical (unpaired) electrons. The van der Waals surface area contributed by atoms with Crippen LogP contribution in [0.5, 0.6) is 5.75 Å². The Balaban J connectivity index is 1.73. The maximum absolute atomic E-state index is 6.03. The monoisotopic (exact) mass is 275 g/mol. The number of halogens is 1. The Hall–Kier alpha value is -1.67. The number of nitrogens with two attached hydrogens (primary N) is 1. The van der Waals surface area contributed by atoms with Crippen LogP contribution >= 0.6 is 11.6 Å². The minimum absolute atomic E-state index is 0.572. The lowest BCUT2D eigenvalue weighted by molar-refractivity contribution is 0.308. The molecule has 2 N–H and O–H groups in total. The Morgan fingerprint density at radius 1 is 0.947 bits per heavy atom. The van der Waals surface area contributed by atoms with Gasteiger partial charge in [-0.05, 0) is 37.0 Å². The molecule has 19 heavy (non-hydrogen) atoms. The SMILES string of the molecule is Nc1cccc(Cl)c1OCCCCc1ccccc1. The highest BCUT2D eigenvalue weighted by molar-refractivity contribution is 6.32. The number of rotatable bonds is 6. The third-order valence-corrected chi connectivity index (χ3v) is 3.24. The van der Waals surface area contributed by atoms with E-state index in [4.69, 9.17) is 22.1 Å². The molecule has 0 atom stereocenters. The van der Waals surface area contributed by atoms with Crippen molar-refractivity contribution in [2.45, 2.75) is 19.3 Å². The number of benzene rings is 2. The summed E-state index contributed by atoms with van der Waals surface area (Å²) >= 11 is 6.03. The molecule has 2 aromatic rings. The first-order chi connectivity index (χ1) is 9.27. The molecule has 0 aliphatic heterocycles. The van der Waals surface area contributed by atoms with Gasteiger partial charge in [-0.2, -0.15) is 0 Å². The molecule has 0 saturated heterocycles. The van der Waals surface area contributed by atoms with Gasteiger partial charge in [0.2, 0.25) is 0 Å². The average molecular weight is 276 g/mol. The molecule has 0 aliphatic rings. The Labute approximate surface area is 119 Å². The molecule has 2 aromatic carbocycles. The zero-order valence-electron chi connectivity index (χ0n) is 10.8. The summed E-state index contributed by atoms with van der Waals surface area (Å²) in [4.78, 5) is 0. The molecule has 0 saturated carbocycles. The van der Waals surface area contributed by atoms with Crippen molar-refractivity contribution >= 4 is 17.3 Å². The van der Waals surface area contributed by atoms with Crippen LogP contribution < -0.4 is 10.5 Å². The van der Waals surface area contributed by atoms with Gasteiger partial charge >= 0.3 is 0 Å². The van der Waals surface area contributed by atoms with E-state index >= 15 is 0 Å². The average Bonchev–Trinajstić information content (AvgIpc) is 2.42. The van der Waals surface area contributed by atoms with E-state index in [2.05, 4.69) is 24.3 Å². The van der Waals surface area contributed by atoms with Gasteiger partial charge in [-0.15, -0.1) is 0 Å². The molecule has 2 nitrogen and oxygen atoms in total. The number of aryl methyl sites for hydroxylation is 1. The van der Waals surface area contributed by atoms with Crippen LogP contribution in [0.2, 0.25) is 5.02 Å². The van der Waals surface area contributed by atoms with Crippen molar-refractivity contribution in [3.63, 3.8) is 0 Å². The quantitative estimate of drug-likeness (QED) is 0.629. The fourth-order valence-corrected chi connectivity index (χ4v) is 2.16. The highest BCUT2D eigenvalue weighted by Gasteiger charge is 2.04. The van der Waals surface area contributed by atoms with Crippen LogP contribution in [-0.2, 0) is 6.42 Å². The fraction of sp³-hybridized carbons (Fsp3) is 0.250. The Morgan fingerprint density at radius 3 is 2.47 bits per heavy atom. The van der Waals surface area contributed by atoms with Crippen molar-refractivity contribution in [2.75, 3.05) is 12.3 Å². The normalized spacial score (nSPS) is 10.4. The number of ether oxygens (including phenoxy) is 1. The minimum atomic E-state index is 0.572. The fourth-order valence-electron chi connectivity index (χ4n) is 1.93. The highest BCUT2D eigenvalue weighted by Crippen LogP contribution is 2.30. The molecule has 0 aromatic heterocycles. The van der Waals surface area contributed by atoms with Gasteiger partial charge in [-0.3, -0.25) is 0 Å². The summed E-state index contributed by atoms with van der Waals surface area (Å²) < 4.78 is 5.65. The van der Waals surface area contributed by atoms with Crippen LogP contribution in [0.15, 0.2) is 48.5 Å². The standard InChI is InChI=1S/C16H18ClNO/c17-14-10-6-11-15(18)16(14)19-12-5-4-9-13-7-2-1-3-8-13/h1-3,6-8,10-11H,4-5,9,12,18H2. The van der Waals surface area contributed by atoms with E-state index < -0.39 is 0 Å². The van der Waals surface area contributed by atoms with Crippen molar-refractivity contribution < 1.29 is 4.74 Å². The molecule has 0 spiro atoms. The van der Waals surface area contributed by atoms with Crippen LogP contribution in [0.3, 0.4) is 0 Å². The largest absolute Gasteiger partial charge is 0.490 e. The van der Waals surface area contributed by atoms with E-state index in [9.17, 15) is 0 Å². The highest BCUT2D eigenvalue weighted by atomic mass is 35.5. The Bertz CT molecular complexity index is 493. The molecule has 100 valence electrons. The third-order valence-electron chi connectivity index (χ3n) is 2.95. The molecule has 0 aliphatic carbocycles. The second-order valence-electron chi connectivity index (χ2n) is 4.45. The van der Waals surface area contributed by atoms with E-state index in [1.54, 1.807) is 12.1 Å². The van der Waals surface area contributed by atoms with Gasteiger partial charge in [-0.25, -0.2) is 0 Å². The summed E-state index contributed by atoms with van der Waals surface area (Å²) in [6.07, 6.45) is 3.15. The van der Waals surface area contributed by atoms with Gasteiger partial charge in [0.25, 0.3) is 0 Å². The topological polar surface area (TPSA) is 35.2 Å². The third kappa shape index (κ3) is 4.18. The number of para-hydroxylation sites is 1. The predicted molar refractivity (Wildman–Crippen MR) is 80.7 cm³/mol. The van der Waals surface area contributed by atoms with Gasteiger partial charge in [0.1, 0.15) is 0 Å². The van der Waals surface area contributed by atoms with E-state index in [-0.39, 0.29) is 0 Å². The molecular formula is C16H18ClNO. The van der Waals surface area contributed by atoms with Gasteiger partial charge in [-0.1, -0.05) is 48.0 Å². The van der Waals surface area contributed by atoms with Crippen molar-refractivity contribution in [3.8, 4) is 5.75 Å². The first-order valence-corrected chi connectivity index (χ1v) is 6.86. The van der Waals surface area contributed by atoms with E-state index in [1.165, 1.54) is 5.56 Å². The molecule has 3 heteroatoms. The van der Waals surface area contributed by atoms with E-state index in [0.29, 0.717) is 23.1 Å². The van der Waals surface area contributed by atoms with Crippen LogP contribution in [0.1, 0.15) is 18.4 Å². The van der Waals surface area contributed by atoms with E-state index in [1.807, 2.05) is 12.1 Å². The number of unbranched alkanes of at least 4 members (excludes halogenated alkanes) is 1. The van der Waals surface area contributed by atoms with Crippen molar-refractivity contribution in [2.24, 2.45) is 0 Å². The number of nitrogen functional groups attached to an aromatic ring is 1. The summed E-state index contributed by atoms with van der Waals surface area (Å²) in [5.74, 6) is 0.601. The molecule has 0 fully saturated rings.